The van der Waals surface area contributed by atoms with E-state index >= 15 is 0 Å². The van der Waals surface area contributed by atoms with Gasteiger partial charge >= 0.3 is 0 Å². The molecular weight excluding hydrogens is 440 g/mol. The van der Waals surface area contributed by atoms with Crippen molar-refractivity contribution in [2.45, 2.75) is 24.9 Å². The average molecular weight is 463 g/mol. The van der Waals surface area contributed by atoms with Gasteiger partial charge in [0.1, 0.15) is 29.2 Å². The summed E-state index contributed by atoms with van der Waals surface area (Å²) in [5, 5.41) is 5.53. The summed E-state index contributed by atoms with van der Waals surface area (Å²) in [6.07, 6.45) is 8.83. The molecule has 8 nitrogen and oxygen atoms in total. The number of amides is 1. The van der Waals surface area contributed by atoms with Crippen LogP contribution in [-0.4, -0.2) is 72.7 Å². The molecule has 0 unspecified atom stereocenters. The number of H-pyrrole nitrogens is 1. The number of carbonyl (C=O) groups is 1. The zero-order chi connectivity index (χ0) is 23.2. The molecule has 5 heterocycles. The minimum absolute atomic E-state index is 0.282. The normalized spacial score (nSPS) is 17.9. The van der Waals surface area contributed by atoms with Crippen molar-refractivity contribution in [1.82, 2.24) is 34.5 Å². The van der Waals surface area contributed by atoms with Gasteiger partial charge in [-0.25, -0.2) is 18.7 Å². The SMILES string of the molecule is O=C(c1c(F)cccc1F)N1CCC(N2CC(n3cc(-c4ncnc5[nH]ccc45)cn3)C2)CC1. The number of benzene rings is 1. The van der Waals surface area contributed by atoms with Gasteiger partial charge in [0, 0.05) is 55.6 Å². The molecule has 0 aliphatic carbocycles. The van der Waals surface area contributed by atoms with E-state index in [4.69, 9.17) is 0 Å². The van der Waals surface area contributed by atoms with Crippen molar-refractivity contribution >= 4 is 16.9 Å². The zero-order valence-electron chi connectivity index (χ0n) is 18.4. The van der Waals surface area contributed by atoms with E-state index in [1.165, 1.54) is 6.07 Å². The number of hydrogen-bond donors (Lipinski definition) is 1. The lowest BCUT2D eigenvalue weighted by Gasteiger charge is -2.47. The van der Waals surface area contributed by atoms with Gasteiger partial charge in [-0.2, -0.15) is 5.10 Å². The van der Waals surface area contributed by atoms with Crippen molar-refractivity contribution < 1.29 is 13.6 Å². The number of aromatic nitrogens is 5. The number of hydrogen-bond acceptors (Lipinski definition) is 5. The van der Waals surface area contributed by atoms with E-state index in [0.29, 0.717) is 19.1 Å². The molecule has 6 rings (SSSR count). The summed E-state index contributed by atoms with van der Waals surface area (Å²) < 4.78 is 30.0. The van der Waals surface area contributed by atoms with Crippen molar-refractivity contribution in [2.75, 3.05) is 26.2 Å². The Kier molecular flexibility index (Phi) is 5.09. The topological polar surface area (TPSA) is 82.9 Å². The van der Waals surface area contributed by atoms with E-state index < -0.39 is 23.1 Å². The number of nitrogens with zero attached hydrogens (tertiary/aromatic N) is 6. The molecule has 2 aliphatic heterocycles. The molecule has 1 N–H and O–H groups in total. The largest absolute Gasteiger partial charge is 0.346 e. The van der Waals surface area contributed by atoms with Crippen LogP contribution in [0.2, 0.25) is 0 Å². The summed E-state index contributed by atoms with van der Waals surface area (Å²) in [6, 6.07) is 6.10. The second-order valence-electron chi connectivity index (χ2n) is 8.90. The van der Waals surface area contributed by atoms with Crippen LogP contribution >= 0.6 is 0 Å². The highest BCUT2D eigenvalue weighted by molar-refractivity contribution is 5.94. The predicted octanol–water partition coefficient (Wildman–Crippen LogP) is 3.26. The van der Waals surface area contributed by atoms with Crippen LogP contribution in [0.1, 0.15) is 29.2 Å². The average Bonchev–Trinajstić information content (AvgIpc) is 3.48. The van der Waals surface area contributed by atoms with Gasteiger partial charge in [0.05, 0.1) is 17.9 Å². The number of halogens is 2. The third-order valence-corrected chi connectivity index (χ3v) is 6.94. The predicted molar refractivity (Wildman–Crippen MR) is 121 cm³/mol. The summed E-state index contributed by atoms with van der Waals surface area (Å²) in [7, 11) is 0. The molecule has 3 aromatic heterocycles. The van der Waals surface area contributed by atoms with E-state index in [-0.39, 0.29) is 6.04 Å². The molecule has 0 atom stereocenters. The highest BCUT2D eigenvalue weighted by Crippen LogP contribution is 2.31. The number of fused-ring (bicyclic) bond motifs is 1. The van der Waals surface area contributed by atoms with Crippen LogP contribution in [0.4, 0.5) is 8.78 Å². The molecule has 0 saturated carbocycles. The first-order valence-corrected chi connectivity index (χ1v) is 11.4. The Morgan fingerprint density at radius 2 is 1.79 bits per heavy atom. The van der Waals surface area contributed by atoms with Gasteiger partial charge in [-0.3, -0.25) is 14.4 Å². The smallest absolute Gasteiger partial charge is 0.259 e. The third-order valence-electron chi connectivity index (χ3n) is 6.94. The van der Waals surface area contributed by atoms with E-state index in [9.17, 15) is 13.6 Å². The van der Waals surface area contributed by atoms with Crippen LogP contribution in [0, 0.1) is 11.6 Å². The lowest BCUT2D eigenvalue weighted by Crippen LogP contribution is -2.56. The molecule has 0 spiro atoms. The first kappa shape index (κ1) is 20.9. The molecule has 4 aromatic rings. The molecule has 10 heteroatoms. The first-order valence-electron chi connectivity index (χ1n) is 11.4. The first-order chi connectivity index (χ1) is 16.6. The summed E-state index contributed by atoms with van der Waals surface area (Å²) in [6.45, 7) is 2.74. The van der Waals surface area contributed by atoms with Crippen LogP contribution in [0.3, 0.4) is 0 Å². The Morgan fingerprint density at radius 3 is 2.56 bits per heavy atom. The molecule has 1 aromatic carbocycles. The molecule has 2 aliphatic rings. The molecule has 174 valence electrons. The standard InChI is InChI=1S/C24H23F2N7O/c25-19-2-1-3-20(26)21(19)24(34)31-8-5-16(6-9-31)32-12-17(13-32)33-11-15(10-30-33)22-18-4-7-27-23(18)29-14-28-22/h1-4,7,10-11,14,16-17H,5-6,8-9,12-13H2,(H,27,28,29). The van der Waals surface area contributed by atoms with Crippen molar-refractivity contribution in [1.29, 1.82) is 0 Å². The van der Waals surface area contributed by atoms with Crippen LogP contribution in [0.25, 0.3) is 22.3 Å². The zero-order valence-corrected chi connectivity index (χ0v) is 18.4. The quantitative estimate of drug-likeness (QED) is 0.502. The Morgan fingerprint density at radius 1 is 1.03 bits per heavy atom. The maximum Gasteiger partial charge on any atom is 0.259 e. The maximum atomic E-state index is 14.0. The number of rotatable bonds is 4. The van der Waals surface area contributed by atoms with Crippen molar-refractivity contribution in [2.24, 2.45) is 0 Å². The lowest BCUT2D eigenvalue weighted by molar-refractivity contribution is 0.0195. The van der Waals surface area contributed by atoms with Gasteiger partial charge in [-0.05, 0) is 31.0 Å². The Balaban J connectivity index is 1.06. The highest BCUT2D eigenvalue weighted by Gasteiger charge is 2.37. The van der Waals surface area contributed by atoms with Gasteiger partial charge in [0.2, 0.25) is 0 Å². The number of aromatic amines is 1. The van der Waals surface area contributed by atoms with E-state index in [1.54, 1.807) is 11.2 Å². The molecule has 2 saturated heterocycles. The second-order valence-corrected chi connectivity index (χ2v) is 8.90. The summed E-state index contributed by atoms with van der Waals surface area (Å²) in [5.74, 6) is -2.19. The number of likely N-dealkylation sites (tertiary alicyclic amines) is 2. The van der Waals surface area contributed by atoms with Gasteiger partial charge in [-0.1, -0.05) is 6.07 Å². The second kappa shape index (κ2) is 8.28. The van der Waals surface area contributed by atoms with E-state index in [2.05, 4.69) is 25.0 Å². The molecule has 0 radical (unpaired) electrons. The number of piperidine rings is 1. The Labute approximate surface area is 194 Å². The Bertz CT molecular complexity index is 1330. The molecule has 0 bridgehead atoms. The van der Waals surface area contributed by atoms with Crippen LogP contribution in [0.5, 0.6) is 0 Å². The van der Waals surface area contributed by atoms with Gasteiger partial charge < -0.3 is 9.88 Å². The van der Waals surface area contributed by atoms with Crippen molar-refractivity contribution in [3.8, 4) is 11.3 Å². The molecular formula is C24H23F2N7O. The molecule has 1 amide bonds. The van der Waals surface area contributed by atoms with Crippen molar-refractivity contribution in [3.05, 3.63) is 66.4 Å². The van der Waals surface area contributed by atoms with Crippen LogP contribution in [-0.2, 0) is 0 Å². The van der Waals surface area contributed by atoms with E-state index in [0.717, 1.165) is 60.4 Å². The summed E-state index contributed by atoms with van der Waals surface area (Å²) in [4.78, 5) is 28.4. The molecule has 34 heavy (non-hydrogen) atoms. The maximum absolute atomic E-state index is 14.0. The summed E-state index contributed by atoms with van der Waals surface area (Å²) in [5.41, 5.74) is 2.16. The van der Waals surface area contributed by atoms with Gasteiger partial charge in [-0.15, -0.1) is 0 Å². The minimum Gasteiger partial charge on any atom is -0.346 e. The van der Waals surface area contributed by atoms with Crippen molar-refractivity contribution in [3.63, 3.8) is 0 Å². The fourth-order valence-electron chi connectivity index (χ4n) is 5.01. The fourth-order valence-corrected chi connectivity index (χ4v) is 5.01. The monoisotopic (exact) mass is 463 g/mol. The van der Waals surface area contributed by atoms with Gasteiger partial charge in [0.25, 0.3) is 5.91 Å². The number of carbonyl (C=O) groups excluding carboxylic acids is 1. The van der Waals surface area contributed by atoms with Crippen LogP contribution in [0.15, 0.2) is 49.2 Å². The molecule has 2 fully saturated rings. The highest BCUT2D eigenvalue weighted by atomic mass is 19.1. The van der Waals surface area contributed by atoms with Crippen LogP contribution < -0.4 is 0 Å². The third kappa shape index (κ3) is 3.54. The minimum atomic E-state index is -0.810. The number of nitrogens with one attached hydrogen (secondary N) is 1. The van der Waals surface area contributed by atoms with E-state index in [1.807, 2.05) is 29.3 Å². The Hall–Kier alpha value is -3.66. The van der Waals surface area contributed by atoms with Gasteiger partial charge in [0.15, 0.2) is 0 Å². The summed E-state index contributed by atoms with van der Waals surface area (Å²) >= 11 is 0. The fraction of sp³-hybridized carbons (Fsp3) is 0.333. The lowest BCUT2D eigenvalue weighted by atomic mass is 9.97.